The summed E-state index contributed by atoms with van der Waals surface area (Å²) in [6.07, 6.45) is 2.76. The molecule has 94 valence electrons. The second kappa shape index (κ2) is 6.09. The molecule has 0 atom stereocenters. The van der Waals surface area contributed by atoms with Crippen molar-refractivity contribution in [1.29, 1.82) is 0 Å². The van der Waals surface area contributed by atoms with E-state index >= 15 is 0 Å². The maximum atomic E-state index is 11.8. The number of thiazole rings is 1. The Kier molecular flexibility index (Phi) is 4.47. The molecule has 0 unspecified atom stereocenters. The SMILES string of the molecule is CCCN(CC(=O)Nc1nccs1)C1CNC1. The molecule has 1 amide bonds. The van der Waals surface area contributed by atoms with Gasteiger partial charge in [-0.25, -0.2) is 4.98 Å². The highest BCUT2D eigenvalue weighted by molar-refractivity contribution is 7.13. The second-order valence-corrected chi connectivity index (χ2v) is 5.06. The van der Waals surface area contributed by atoms with Crippen LogP contribution in [-0.4, -0.2) is 48.0 Å². The fourth-order valence-corrected chi connectivity index (χ4v) is 2.38. The Morgan fingerprint density at radius 3 is 3.06 bits per heavy atom. The Hall–Kier alpha value is -0.980. The van der Waals surface area contributed by atoms with Gasteiger partial charge in [-0.1, -0.05) is 6.92 Å². The first-order valence-corrected chi connectivity index (χ1v) is 6.81. The molecule has 2 heterocycles. The molecule has 2 rings (SSSR count). The lowest BCUT2D eigenvalue weighted by atomic mass is 10.1. The van der Waals surface area contributed by atoms with Crippen LogP contribution in [0.1, 0.15) is 13.3 Å². The van der Waals surface area contributed by atoms with Gasteiger partial charge in [0.05, 0.1) is 6.54 Å². The topological polar surface area (TPSA) is 57.3 Å². The minimum absolute atomic E-state index is 0.0281. The number of aromatic nitrogens is 1. The summed E-state index contributed by atoms with van der Waals surface area (Å²) < 4.78 is 0. The third-order valence-electron chi connectivity index (χ3n) is 2.81. The van der Waals surface area contributed by atoms with Gasteiger partial charge < -0.3 is 10.6 Å². The van der Waals surface area contributed by atoms with Gasteiger partial charge in [0.2, 0.25) is 5.91 Å². The minimum atomic E-state index is 0.0281. The van der Waals surface area contributed by atoms with Crippen molar-refractivity contribution in [1.82, 2.24) is 15.2 Å². The molecule has 1 aromatic heterocycles. The largest absolute Gasteiger partial charge is 0.314 e. The maximum Gasteiger partial charge on any atom is 0.240 e. The van der Waals surface area contributed by atoms with E-state index in [-0.39, 0.29) is 5.91 Å². The Balaban J connectivity index is 1.82. The number of nitrogens with zero attached hydrogens (tertiary/aromatic N) is 2. The predicted molar refractivity (Wildman–Crippen MR) is 69.3 cm³/mol. The van der Waals surface area contributed by atoms with E-state index < -0.39 is 0 Å². The van der Waals surface area contributed by atoms with Gasteiger partial charge in [-0.05, 0) is 13.0 Å². The first kappa shape index (κ1) is 12.5. The van der Waals surface area contributed by atoms with Crippen LogP contribution < -0.4 is 10.6 Å². The molecule has 1 saturated heterocycles. The smallest absolute Gasteiger partial charge is 0.240 e. The summed E-state index contributed by atoms with van der Waals surface area (Å²) in [5.74, 6) is 0.0281. The molecular formula is C11H18N4OS. The Morgan fingerprint density at radius 1 is 1.71 bits per heavy atom. The van der Waals surface area contributed by atoms with Crippen molar-refractivity contribution >= 4 is 22.4 Å². The number of carbonyl (C=O) groups excluding carboxylic acids is 1. The van der Waals surface area contributed by atoms with E-state index in [1.54, 1.807) is 6.20 Å². The number of hydrogen-bond acceptors (Lipinski definition) is 5. The van der Waals surface area contributed by atoms with Gasteiger partial charge >= 0.3 is 0 Å². The van der Waals surface area contributed by atoms with E-state index in [1.807, 2.05) is 5.38 Å². The average molecular weight is 254 g/mol. The third kappa shape index (κ3) is 3.49. The summed E-state index contributed by atoms with van der Waals surface area (Å²) in [5.41, 5.74) is 0. The molecule has 1 aliphatic heterocycles. The number of anilines is 1. The van der Waals surface area contributed by atoms with Crippen molar-refractivity contribution in [2.24, 2.45) is 0 Å². The first-order valence-electron chi connectivity index (χ1n) is 5.93. The van der Waals surface area contributed by atoms with Crippen LogP contribution in [-0.2, 0) is 4.79 Å². The lowest BCUT2D eigenvalue weighted by molar-refractivity contribution is -0.118. The molecule has 1 aromatic rings. The van der Waals surface area contributed by atoms with Gasteiger partial charge in [-0.2, -0.15) is 0 Å². The monoisotopic (exact) mass is 254 g/mol. The summed E-state index contributed by atoms with van der Waals surface area (Å²) in [6, 6.07) is 0.511. The van der Waals surface area contributed by atoms with Gasteiger partial charge in [0.15, 0.2) is 5.13 Å². The summed E-state index contributed by atoms with van der Waals surface area (Å²) in [7, 11) is 0. The Labute approximate surface area is 105 Å². The fraction of sp³-hybridized carbons (Fsp3) is 0.636. The highest BCUT2D eigenvalue weighted by Crippen LogP contribution is 2.11. The summed E-state index contributed by atoms with van der Waals surface area (Å²) in [6.45, 7) is 5.55. The molecule has 6 heteroatoms. The molecule has 0 radical (unpaired) electrons. The standard InChI is InChI=1S/C11H18N4OS/c1-2-4-15(9-6-12-7-9)8-10(16)14-11-13-3-5-17-11/h3,5,9,12H,2,4,6-8H2,1H3,(H,13,14,16). The normalized spacial score (nSPS) is 15.9. The number of nitrogens with one attached hydrogen (secondary N) is 2. The van der Waals surface area contributed by atoms with Crippen LogP contribution in [0.25, 0.3) is 0 Å². The fourth-order valence-electron chi connectivity index (χ4n) is 1.84. The molecular weight excluding hydrogens is 236 g/mol. The predicted octanol–water partition coefficient (Wildman–Crippen LogP) is 0.765. The van der Waals surface area contributed by atoms with E-state index in [0.717, 1.165) is 26.1 Å². The van der Waals surface area contributed by atoms with Crippen molar-refractivity contribution in [3.63, 3.8) is 0 Å². The number of rotatable bonds is 6. The molecule has 5 nitrogen and oxygen atoms in total. The Bertz CT molecular complexity index is 350. The zero-order chi connectivity index (χ0) is 12.1. The molecule has 1 aliphatic rings. The van der Waals surface area contributed by atoms with E-state index in [2.05, 4.69) is 27.4 Å². The summed E-state index contributed by atoms with van der Waals surface area (Å²) in [5, 5.41) is 8.59. The average Bonchev–Trinajstić information content (AvgIpc) is 2.67. The van der Waals surface area contributed by atoms with Gasteiger partial charge in [0.25, 0.3) is 0 Å². The van der Waals surface area contributed by atoms with Crippen molar-refractivity contribution in [2.45, 2.75) is 19.4 Å². The molecule has 0 saturated carbocycles. The number of amides is 1. The lowest BCUT2D eigenvalue weighted by Crippen LogP contribution is -2.58. The summed E-state index contributed by atoms with van der Waals surface area (Å²) >= 11 is 1.45. The molecule has 2 N–H and O–H groups in total. The molecule has 0 aromatic carbocycles. The van der Waals surface area contributed by atoms with Crippen LogP contribution in [0, 0.1) is 0 Å². The second-order valence-electron chi connectivity index (χ2n) is 4.17. The van der Waals surface area contributed by atoms with Crippen LogP contribution in [0.2, 0.25) is 0 Å². The first-order chi connectivity index (χ1) is 8.29. The van der Waals surface area contributed by atoms with Crippen molar-refractivity contribution in [3.05, 3.63) is 11.6 Å². The summed E-state index contributed by atoms with van der Waals surface area (Å²) in [4.78, 5) is 18.1. The lowest BCUT2D eigenvalue weighted by Gasteiger charge is -2.37. The van der Waals surface area contributed by atoms with E-state index in [9.17, 15) is 4.79 Å². The van der Waals surface area contributed by atoms with Gasteiger partial charge in [0, 0.05) is 30.7 Å². The molecule has 0 bridgehead atoms. The zero-order valence-electron chi connectivity index (χ0n) is 9.98. The van der Waals surface area contributed by atoms with Crippen molar-refractivity contribution in [3.8, 4) is 0 Å². The molecule has 0 spiro atoms. The molecule has 0 aliphatic carbocycles. The van der Waals surface area contributed by atoms with Crippen LogP contribution in [0.15, 0.2) is 11.6 Å². The third-order valence-corrected chi connectivity index (χ3v) is 3.50. The van der Waals surface area contributed by atoms with Crippen LogP contribution in [0.4, 0.5) is 5.13 Å². The zero-order valence-corrected chi connectivity index (χ0v) is 10.8. The molecule has 1 fully saturated rings. The highest BCUT2D eigenvalue weighted by atomic mass is 32.1. The number of carbonyl (C=O) groups is 1. The van der Waals surface area contributed by atoms with Crippen molar-refractivity contribution < 1.29 is 4.79 Å². The van der Waals surface area contributed by atoms with Crippen LogP contribution in [0.3, 0.4) is 0 Å². The van der Waals surface area contributed by atoms with Crippen molar-refractivity contribution in [2.75, 3.05) is 31.5 Å². The highest BCUT2D eigenvalue weighted by Gasteiger charge is 2.25. The van der Waals surface area contributed by atoms with Gasteiger partial charge in [-0.15, -0.1) is 11.3 Å². The van der Waals surface area contributed by atoms with Crippen LogP contribution >= 0.6 is 11.3 Å². The van der Waals surface area contributed by atoms with E-state index in [1.165, 1.54) is 11.3 Å². The maximum absolute atomic E-state index is 11.8. The van der Waals surface area contributed by atoms with E-state index in [0.29, 0.717) is 17.7 Å². The van der Waals surface area contributed by atoms with Gasteiger partial charge in [0.1, 0.15) is 0 Å². The number of hydrogen-bond donors (Lipinski definition) is 2. The quantitative estimate of drug-likeness (QED) is 0.787. The van der Waals surface area contributed by atoms with E-state index in [4.69, 9.17) is 0 Å². The molecule has 17 heavy (non-hydrogen) atoms. The van der Waals surface area contributed by atoms with Crippen LogP contribution in [0.5, 0.6) is 0 Å². The van der Waals surface area contributed by atoms with Gasteiger partial charge in [-0.3, -0.25) is 9.69 Å². The minimum Gasteiger partial charge on any atom is -0.314 e. The Morgan fingerprint density at radius 2 is 2.53 bits per heavy atom.